The van der Waals surface area contributed by atoms with Crippen molar-refractivity contribution in [3.63, 3.8) is 0 Å². The average molecular weight is 400 g/mol. The third-order valence-corrected chi connectivity index (χ3v) is 3.89. The van der Waals surface area contributed by atoms with E-state index in [-0.39, 0.29) is 15.8 Å². The van der Waals surface area contributed by atoms with Crippen molar-refractivity contribution in [3.05, 3.63) is 57.0 Å². The first-order valence-electron chi connectivity index (χ1n) is 6.06. The average Bonchev–Trinajstić information content (AvgIpc) is 2.44. The zero-order valence-corrected chi connectivity index (χ0v) is 14.2. The molecule has 2 nitrogen and oxygen atoms in total. The molecule has 0 spiro atoms. The Balaban J connectivity index is 2.19. The van der Waals surface area contributed by atoms with Gasteiger partial charge in [-0.2, -0.15) is 13.2 Å². The largest absolute Gasteiger partial charge is 0.418 e. The third-order valence-electron chi connectivity index (χ3n) is 2.71. The van der Waals surface area contributed by atoms with Crippen LogP contribution in [0.25, 0.3) is 0 Å². The predicted octanol–water partition coefficient (Wildman–Crippen LogP) is 6.47. The second kappa shape index (κ2) is 7.13. The standard InChI is InChI=1S/C14H8Cl3F3N2S/c15-7-1-4-12(9(5-7)14(18,19)20)22-13(23)21-8-2-3-10(16)11(17)6-8/h1-6H,(H2,21,22,23). The lowest BCUT2D eigenvalue weighted by molar-refractivity contribution is -0.136. The maximum Gasteiger partial charge on any atom is 0.418 e. The number of thiocarbonyl (C=S) groups is 1. The molecule has 2 aromatic carbocycles. The quantitative estimate of drug-likeness (QED) is 0.566. The monoisotopic (exact) mass is 398 g/mol. The van der Waals surface area contributed by atoms with Crippen molar-refractivity contribution in [1.82, 2.24) is 0 Å². The molecule has 0 saturated heterocycles. The molecule has 0 atom stereocenters. The van der Waals surface area contributed by atoms with Crippen molar-refractivity contribution >= 4 is 63.5 Å². The van der Waals surface area contributed by atoms with Gasteiger partial charge in [0.05, 0.1) is 21.3 Å². The van der Waals surface area contributed by atoms with Crippen LogP contribution in [-0.2, 0) is 6.18 Å². The number of halogens is 6. The van der Waals surface area contributed by atoms with E-state index < -0.39 is 11.7 Å². The van der Waals surface area contributed by atoms with Gasteiger partial charge in [0, 0.05) is 10.7 Å². The molecule has 0 aliphatic heterocycles. The molecule has 0 radical (unpaired) electrons. The molecule has 2 N–H and O–H groups in total. The number of anilines is 2. The molecule has 0 aliphatic rings. The molecule has 9 heteroatoms. The summed E-state index contributed by atoms with van der Waals surface area (Å²) in [5.74, 6) is 0. The van der Waals surface area contributed by atoms with Gasteiger partial charge >= 0.3 is 6.18 Å². The molecular formula is C14H8Cl3F3N2S. The van der Waals surface area contributed by atoms with Crippen LogP contribution < -0.4 is 10.6 Å². The molecule has 0 saturated carbocycles. The van der Waals surface area contributed by atoms with Gasteiger partial charge in [-0.05, 0) is 48.6 Å². The number of benzene rings is 2. The van der Waals surface area contributed by atoms with Crippen molar-refractivity contribution < 1.29 is 13.2 Å². The predicted molar refractivity (Wildman–Crippen MR) is 92.8 cm³/mol. The Kier molecular flexibility index (Phi) is 5.62. The van der Waals surface area contributed by atoms with E-state index in [1.807, 2.05) is 0 Å². The van der Waals surface area contributed by atoms with Crippen molar-refractivity contribution in [2.45, 2.75) is 6.18 Å². The van der Waals surface area contributed by atoms with Gasteiger partial charge < -0.3 is 10.6 Å². The van der Waals surface area contributed by atoms with E-state index in [2.05, 4.69) is 10.6 Å². The highest BCUT2D eigenvalue weighted by molar-refractivity contribution is 7.80. The zero-order valence-electron chi connectivity index (χ0n) is 11.1. The van der Waals surface area contributed by atoms with E-state index in [0.717, 1.165) is 6.07 Å². The summed E-state index contributed by atoms with van der Waals surface area (Å²) in [4.78, 5) is 0. The molecule has 122 valence electrons. The normalized spacial score (nSPS) is 11.2. The zero-order chi connectivity index (χ0) is 17.2. The number of alkyl halides is 3. The van der Waals surface area contributed by atoms with Crippen LogP contribution in [-0.4, -0.2) is 5.11 Å². The number of nitrogens with one attached hydrogen (secondary N) is 2. The Morgan fingerprint density at radius 1 is 0.913 bits per heavy atom. The first kappa shape index (κ1) is 18.1. The first-order valence-corrected chi connectivity index (χ1v) is 7.61. The Morgan fingerprint density at radius 2 is 1.61 bits per heavy atom. The lowest BCUT2D eigenvalue weighted by Gasteiger charge is -2.16. The molecule has 0 fully saturated rings. The van der Waals surface area contributed by atoms with Gasteiger partial charge in [-0.1, -0.05) is 34.8 Å². The van der Waals surface area contributed by atoms with Crippen molar-refractivity contribution in [2.24, 2.45) is 0 Å². The molecule has 0 bridgehead atoms. The Morgan fingerprint density at radius 3 is 2.22 bits per heavy atom. The summed E-state index contributed by atoms with van der Waals surface area (Å²) in [6.45, 7) is 0. The van der Waals surface area contributed by atoms with Crippen LogP contribution in [0.3, 0.4) is 0 Å². The van der Waals surface area contributed by atoms with Gasteiger partial charge in [0.15, 0.2) is 5.11 Å². The highest BCUT2D eigenvalue weighted by Gasteiger charge is 2.34. The fraction of sp³-hybridized carbons (Fsp3) is 0.0714. The molecule has 0 amide bonds. The van der Waals surface area contributed by atoms with Crippen LogP contribution >= 0.6 is 47.0 Å². The number of rotatable bonds is 2. The van der Waals surface area contributed by atoms with E-state index >= 15 is 0 Å². The van der Waals surface area contributed by atoms with Crippen molar-refractivity contribution in [1.29, 1.82) is 0 Å². The highest BCUT2D eigenvalue weighted by Crippen LogP contribution is 2.36. The summed E-state index contributed by atoms with van der Waals surface area (Å²) >= 11 is 22.3. The van der Waals surface area contributed by atoms with Crippen molar-refractivity contribution in [3.8, 4) is 0 Å². The van der Waals surface area contributed by atoms with Gasteiger partial charge in [0.1, 0.15) is 0 Å². The van der Waals surface area contributed by atoms with E-state index in [9.17, 15) is 13.2 Å². The van der Waals surface area contributed by atoms with Crippen molar-refractivity contribution in [2.75, 3.05) is 10.6 Å². The summed E-state index contributed by atoms with van der Waals surface area (Å²) in [5, 5.41) is 5.82. The smallest absolute Gasteiger partial charge is 0.332 e. The van der Waals surface area contributed by atoms with Gasteiger partial charge in [-0.3, -0.25) is 0 Å². The van der Waals surface area contributed by atoms with E-state index in [4.69, 9.17) is 47.0 Å². The third kappa shape index (κ3) is 4.88. The molecule has 0 aliphatic carbocycles. The molecule has 2 rings (SSSR count). The lowest BCUT2D eigenvalue weighted by atomic mass is 10.1. The van der Waals surface area contributed by atoms with E-state index in [1.165, 1.54) is 24.3 Å². The minimum Gasteiger partial charge on any atom is -0.332 e. The summed E-state index contributed by atoms with van der Waals surface area (Å²) in [7, 11) is 0. The van der Waals surface area contributed by atoms with Gasteiger partial charge in [-0.15, -0.1) is 0 Å². The first-order chi connectivity index (χ1) is 10.7. The minimum atomic E-state index is -4.56. The molecule has 0 unspecified atom stereocenters. The van der Waals surface area contributed by atoms with Gasteiger partial charge in [-0.25, -0.2) is 0 Å². The second-order valence-corrected chi connectivity index (χ2v) is 6.05. The van der Waals surface area contributed by atoms with Gasteiger partial charge in [0.2, 0.25) is 0 Å². The van der Waals surface area contributed by atoms with Gasteiger partial charge in [0.25, 0.3) is 0 Å². The highest BCUT2D eigenvalue weighted by atomic mass is 35.5. The summed E-state index contributed by atoms with van der Waals surface area (Å²) < 4.78 is 39.0. The SMILES string of the molecule is FC(F)(F)c1cc(Cl)ccc1NC(=S)Nc1ccc(Cl)c(Cl)c1. The van der Waals surface area contributed by atoms with Crippen LogP contribution in [0, 0.1) is 0 Å². The molecular weight excluding hydrogens is 392 g/mol. The van der Waals surface area contributed by atoms with Crippen LogP contribution in [0.4, 0.5) is 24.5 Å². The summed E-state index contributed by atoms with van der Waals surface area (Å²) in [5.41, 5.74) is -0.637. The maximum atomic E-state index is 13.0. The Hall–Kier alpha value is -1.21. The van der Waals surface area contributed by atoms with Crippen LogP contribution in [0.5, 0.6) is 0 Å². The van der Waals surface area contributed by atoms with Crippen LogP contribution in [0.15, 0.2) is 36.4 Å². The topological polar surface area (TPSA) is 24.1 Å². The van der Waals surface area contributed by atoms with E-state index in [1.54, 1.807) is 6.07 Å². The molecule has 0 heterocycles. The molecule has 2 aromatic rings. The fourth-order valence-corrected chi connectivity index (χ4v) is 2.42. The van der Waals surface area contributed by atoms with Crippen LogP contribution in [0.2, 0.25) is 15.1 Å². The summed E-state index contributed by atoms with van der Waals surface area (Å²) in [6.07, 6.45) is -4.56. The number of hydrogen-bond donors (Lipinski definition) is 2. The Labute approximate surface area is 150 Å². The Bertz CT molecular complexity index is 751. The summed E-state index contributed by atoms with van der Waals surface area (Å²) in [6, 6.07) is 8.00. The van der Waals surface area contributed by atoms with E-state index in [0.29, 0.717) is 15.7 Å². The molecule has 0 aromatic heterocycles. The minimum absolute atomic E-state index is 0.0220. The fourth-order valence-electron chi connectivity index (χ4n) is 1.72. The lowest BCUT2D eigenvalue weighted by Crippen LogP contribution is -2.21. The molecule has 23 heavy (non-hydrogen) atoms. The van der Waals surface area contributed by atoms with Crippen LogP contribution in [0.1, 0.15) is 5.56 Å². The maximum absolute atomic E-state index is 13.0. The second-order valence-electron chi connectivity index (χ2n) is 4.40. The number of hydrogen-bond acceptors (Lipinski definition) is 1.